The lowest BCUT2D eigenvalue weighted by Crippen LogP contribution is -2.20. The van der Waals surface area contributed by atoms with E-state index in [-0.39, 0.29) is 11.1 Å². The molecule has 2 heterocycles. The number of hydrogen-bond donors (Lipinski definition) is 0. The summed E-state index contributed by atoms with van der Waals surface area (Å²) in [7, 11) is 0. The molecule has 0 spiro atoms. The lowest BCUT2D eigenvalue weighted by molar-refractivity contribution is 0.615. The van der Waals surface area contributed by atoms with Gasteiger partial charge in [0, 0.05) is 11.8 Å². The Morgan fingerprint density at radius 2 is 2.00 bits per heavy atom. The molecule has 0 aliphatic heterocycles. The topological polar surface area (TPSA) is 34.9 Å². The lowest BCUT2D eigenvalue weighted by Gasteiger charge is -2.13. The van der Waals surface area contributed by atoms with Gasteiger partial charge in [0.2, 0.25) is 0 Å². The van der Waals surface area contributed by atoms with Crippen LogP contribution in [0.25, 0.3) is 22.2 Å². The monoisotopic (exact) mass is 312 g/mol. The first-order chi connectivity index (χ1) is 10.9. The number of rotatable bonds is 2. The first-order valence-electron chi connectivity index (χ1n) is 7.02. The second kappa shape index (κ2) is 5.43. The Hall–Kier alpha value is -2.82. The van der Waals surface area contributed by atoms with Crippen molar-refractivity contribution in [2.75, 3.05) is 0 Å². The van der Waals surface area contributed by atoms with Crippen LogP contribution in [-0.2, 0) is 0 Å². The fourth-order valence-corrected chi connectivity index (χ4v) is 2.49. The Balaban J connectivity index is 2.47. The zero-order valence-corrected chi connectivity index (χ0v) is 12.7. The third kappa shape index (κ3) is 2.54. The van der Waals surface area contributed by atoms with Crippen LogP contribution in [0.3, 0.4) is 0 Å². The molecule has 3 aromatic rings. The Bertz CT molecular complexity index is 1010. The van der Waals surface area contributed by atoms with Crippen molar-refractivity contribution in [2.24, 2.45) is 0 Å². The first-order valence-corrected chi connectivity index (χ1v) is 7.02. The van der Waals surface area contributed by atoms with Crippen LogP contribution in [0, 0.1) is 18.6 Å². The summed E-state index contributed by atoms with van der Waals surface area (Å²) in [5.41, 5.74) is 1.97. The Labute approximate surface area is 131 Å². The number of fused-ring (bicyclic) bond motifs is 1. The molecule has 3 nitrogen and oxygen atoms in total. The van der Waals surface area contributed by atoms with Crippen molar-refractivity contribution >= 4 is 16.5 Å². The largest absolute Gasteiger partial charge is 0.280 e. The molecule has 0 unspecified atom stereocenters. The van der Waals surface area contributed by atoms with Crippen molar-refractivity contribution in [1.82, 2.24) is 9.55 Å². The van der Waals surface area contributed by atoms with Gasteiger partial charge in [-0.15, -0.1) is 0 Å². The molecule has 2 aromatic heterocycles. The Morgan fingerprint density at radius 1 is 1.26 bits per heavy atom. The van der Waals surface area contributed by atoms with Crippen LogP contribution in [0.2, 0.25) is 0 Å². The van der Waals surface area contributed by atoms with Crippen LogP contribution in [0.5, 0.6) is 0 Å². The van der Waals surface area contributed by atoms with Crippen LogP contribution in [0.1, 0.15) is 18.1 Å². The van der Waals surface area contributed by atoms with E-state index in [1.54, 1.807) is 26.0 Å². The highest BCUT2D eigenvalue weighted by Crippen LogP contribution is 2.23. The van der Waals surface area contributed by atoms with Crippen LogP contribution >= 0.6 is 0 Å². The minimum Gasteiger partial charge on any atom is -0.280 e. The van der Waals surface area contributed by atoms with Gasteiger partial charge >= 0.3 is 0 Å². The number of pyridine rings is 2. The molecule has 1 aromatic carbocycles. The minimum atomic E-state index is -0.621. The Kier molecular flexibility index (Phi) is 3.56. The normalized spacial score (nSPS) is 11.0. The summed E-state index contributed by atoms with van der Waals surface area (Å²) in [6.07, 6.45) is 2.54. The van der Waals surface area contributed by atoms with E-state index in [9.17, 15) is 13.6 Å². The summed E-state index contributed by atoms with van der Waals surface area (Å²) in [5, 5.41) is 0.0893. The summed E-state index contributed by atoms with van der Waals surface area (Å²) in [4.78, 5) is 16.7. The predicted octanol–water partition coefficient (Wildman–Crippen LogP) is 4.01. The molecule has 116 valence electrons. The van der Waals surface area contributed by atoms with Gasteiger partial charge in [-0.2, -0.15) is 0 Å². The van der Waals surface area contributed by atoms with Crippen molar-refractivity contribution in [3.8, 4) is 5.69 Å². The molecule has 5 heteroatoms. The summed E-state index contributed by atoms with van der Waals surface area (Å²) in [6.45, 7) is 7.41. The highest BCUT2D eigenvalue weighted by atomic mass is 19.1. The van der Waals surface area contributed by atoms with Crippen LogP contribution in [0.4, 0.5) is 8.78 Å². The van der Waals surface area contributed by atoms with Crippen molar-refractivity contribution < 1.29 is 8.78 Å². The molecule has 0 aliphatic carbocycles. The van der Waals surface area contributed by atoms with E-state index < -0.39 is 17.2 Å². The van der Waals surface area contributed by atoms with Crippen molar-refractivity contribution in [1.29, 1.82) is 0 Å². The van der Waals surface area contributed by atoms with Gasteiger partial charge in [0.1, 0.15) is 11.6 Å². The van der Waals surface area contributed by atoms with E-state index >= 15 is 0 Å². The summed E-state index contributed by atoms with van der Waals surface area (Å²) < 4.78 is 28.9. The molecule has 0 aliphatic rings. The maximum Gasteiger partial charge on any atom is 0.264 e. The van der Waals surface area contributed by atoms with Crippen LogP contribution < -0.4 is 5.56 Å². The Morgan fingerprint density at radius 3 is 2.70 bits per heavy atom. The molecule has 0 fully saturated rings. The molecule has 0 atom stereocenters. The van der Waals surface area contributed by atoms with E-state index in [0.29, 0.717) is 16.7 Å². The number of benzene rings is 1. The maximum absolute atomic E-state index is 14.2. The number of halogens is 2. The average molecular weight is 312 g/mol. The number of nitrogens with zero attached hydrogens (tertiary/aromatic N) is 2. The second-order valence-corrected chi connectivity index (χ2v) is 5.50. The molecule has 3 rings (SSSR count). The van der Waals surface area contributed by atoms with Gasteiger partial charge in [0.25, 0.3) is 5.56 Å². The van der Waals surface area contributed by atoms with Crippen LogP contribution in [-0.4, -0.2) is 9.55 Å². The van der Waals surface area contributed by atoms with E-state index in [0.717, 1.165) is 17.8 Å². The standard InChI is InChI=1S/C18H14F2N2O/c1-10(2)14-9-22(16-6-11(3)4-5-15(16)20)18(23)13-7-12(19)8-21-17(13)14/h4-9H,1H2,2-3H3. The number of aromatic nitrogens is 2. The smallest absolute Gasteiger partial charge is 0.264 e. The fourth-order valence-electron chi connectivity index (χ4n) is 2.49. The van der Waals surface area contributed by atoms with Gasteiger partial charge in [-0.25, -0.2) is 8.78 Å². The molecule has 0 amide bonds. The number of aryl methyl sites for hydroxylation is 1. The zero-order valence-electron chi connectivity index (χ0n) is 12.7. The summed E-state index contributed by atoms with van der Waals surface area (Å²) in [5.74, 6) is -1.15. The van der Waals surface area contributed by atoms with E-state index in [2.05, 4.69) is 11.6 Å². The van der Waals surface area contributed by atoms with Crippen LogP contribution in [0.15, 0.2) is 48.0 Å². The first kappa shape index (κ1) is 15.1. The van der Waals surface area contributed by atoms with E-state index in [1.165, 1.54) is 16.8 Å². The summed E-state index contributed by atoms with van der Waals surface area (Å²) >= 11 is 0. The van der Waals surface area contributed by atoms with Gasteiger partial charge in [-0.3, -0.25) is 14.3 Å². The fraction of sp³-hybridized carbons (Fsp3) is 0.111. The van der Waals surface area contributed by atoms with Crippen molar-refractivity contribution in [3.63, 3.8) is 0 Å². The lowest BCUT2D eigenvalue weighted by atomic mass is 10.1. The van der Waals surface area contributed by atoms with Gasteiger partial charge in [-0.1, -0.05) is 12.6 Å². The molecule has 0 saturated heterocycles. The minimum absolute atomic E-state index is 0.0893. The molecule has 0 bridgehead atoms. The number of allylic oxidation sites excluding steroid dienone is 1. The van der Waals surface area contributed by atoms with Gasteiger partial charge < -0.3 is 0 Å². The highest BCUT2D eigenvalue weighted by molar-refractivity contribution is 5.89. The molecule has 0 N–H and O–H groups in total. The average Bonchev–Trinajstić information content (AvgIpc) is 2.50. The van der Waals surface area contributed by atoms with Gasteiger partial charge in [-0.05, 0) is 43.2 Å². The van der Waals surface area contributed by atoms with E-state index in [1.807, 2.05) is 0 Å². The third-order valence-electron chi connectivity index (χ3n) is 3.64. The zero-order chi connectivity index (χ0) is 16.7. The molecule has 23 heavy (non-hydrogen) atoms. The molecular weight excluding hydrogens is 298 g/mol. The molecule has 0 radical (unpaired) electrons. The summed E-state index contributed by atoms with van der Waals surface area (Å²) in [6, 6.07) is 5.59. The third-order valence-corrected chi connectivity index (χ3v) is 3.64. The van der Waals surface area contributed by atoms with Gasteiger partial charge in [0.15, 0.2) is 0 Å². The number of hydrogen-bond acceptors (Lipinski definition) is 2. The predicted molar refractivity (Wildman–Crippen MR) is 86.7 cm³/mol. The van der Waals surface area contributed by atoms with E-state index in [4.69, 9.17) is 0 Å². The second-order valence-electron chi connectivity index (χ2n) is 5.50. The SMILES string of the molecule is C=C(C)c1cn(-c2cc(C)ccc2F)c(=O)c2cc(F)cnc12. The highest BCUT2D eigenvalue weighted by Gasteiger charge is 2.15. The van der Waals surface area contributed by atoms with Gasteiger partial charge in [0.05, 0.1) is 22.8 Å². The van der Waals surface area contributed by atoms with Crippen molar-refractivity contribution in [3.05, 3.63) is 76.4 Å². The molecular formula is C18H14F2N2O. The quantitative estimate of drug-likeness (QED) is 0.717. The maximum atomic E-state index is 14.2. The molecule has 0 saturated carbocycles. The van der Waals surface area contributed by atoms with Crippen molar-refractivity contribution in [2.45, 2.75) is 13.8 Å².